The van der Waals surface area contributed by atoms with Crippen LogP contribution in [0.15, 0.2) is 18.2 Å². The first-order valence-electron chi connectivity index (χ1n) is 7.37. The van der Waals surface area contributed by atoms with E-state index in [0.29, 0.717) is 6.42 Å². The molecule has 0 radical (unpaired) electrons. The maximum atomic E-state index is 12.0. The molecule has 0 saturated carbocycles. The molecule has 0 spiro atoms. The van der Waals surface area contributed by atoms with E-state index in [0.717, 1.165) is 31.4 Å². The summed E-state index contributed by atoms with van der Waals surface area (Å²) in [6.07, 6.45) is 7.02. The number of carbonyl (C=O) groups is 1. The van der Waals surface area contributed by atoms with Gasteiger partial charge in [0.2, 0.25) is 5.91 Å². The van der Waals surface area contributed by atoms with E-state index < -0.39 is 0 Å². The Hall–Kier alpha value is -1.35. The second-order valence-electron chi connectivity index (χ2n) is 5.45. The summed E-state index contributed by atoms with van der Waals surface area (Å²) >= 11 is 0. The number of aryl methyl sites for hydroxylation is 1. The van der Waals surface area contributed by atoms with Crippen molar-refractivity contribution in [1.82, 2.24) is 0 Å². The van der Waals surface area contributed by atoms with Crippen LogP contribution in [-0.4, -0.2) is 11.9 Å². The Morgan fingerprint density at radius 2 is 2.16 bits per heavy atom. The standard InChI is InChI=1S/C16H24N2O/c1-2-6-13(17)11-16(19)18-15-10-5-8-12-7-3-4-9-14(12)15/h5,8,10,13H,2-4,6-7,9,11,17H2,1H3,(H,18,19). The Kier molecular flexibility index (Phi) is 4.97. The molecule has 1 amide bonds. The van der Waals surface area contributed by atoms with Crippen LogP contribution >= 0.6 is 0 Å². The highest BCUT2D eigenvalue weighted by Crippen LogP contribution is 2.27. The molecule has 104 valence electrons. The summed E-state index contributed by atoms with van der Waals surface area (Å²) in [5.74, 6) is 0.0416. The molecule has 3 heteroatoms. The van der Waals surface area contributed by atoms with Gasteiger partial charge in [0.15, 0.2) is 0 Å². The molecule has 0 saturated heterocycles. The maximum absolute atomic E-state index is 12.0. The predicted molar refractivity (Wildman–Crippen MR) is 79.2 cm³/mol. The van der Waals surface area contributed by atoms with Gasteiger partial charge in [0.1, 0.15) is 0 Å². The lowest BCUT2D eigenvalue weighted by atomic mass is 9.90. The number of rotatable bonds is 5. The third-order valence-electron chi connectivity index (χ3n) is 3.78. The lowest BCUT2D eigenvalue weighted by Gasteiger charge is -2.20. The lowest BCUT2D eigenvalue weighted by molar-refractivity contribution is -0.116. The van der Waals surface area contributed by atoms with Crippen LogP contribution < -0.4 is 11.1 Å². The SMILES string of the molecule is CCCC(N)CC(=O)Nc1cccc2c1CCCC2. The third-order valence-corrected chi connectivity index (χ3v) is 3.78. The first-order valence-corrected chi connectivity index (χ1v) is 7.37. The second-order valence-corrected chi connectivity index (χ2v) is 5.45. The smallest absolute Gasteiger partial charge is 0.225 e. The van der Waals surface area contributed by atoms with Gasteiger partial charge in [0, 0.05) is 18.2 Å². The van der Waals surface area contributed by atoms with E-state index in [1.807, 2.05) is 12.1 Å². The fourth-order valence-corrected chi connectivity index (χ4v) is 2.81. The van der Waals surface area contributed by atoms with E-state index in [4.69, 9.17) is 5.73 Å². The van der Waals surface area contributed by atoms with E-state index in [1.54, 1.807) is 0 Å². The molecule has 0 bridgehead atoms. The van der Waals surface area contributed by atoms with Crippen LogP contribution in [-0.2, 0) is 17.6 Å². The number of benzene rings is 1. The number of hydrogen-bond donors (Lipinski definition) is 2. The van der Waals surface area contributed by atoms with Gasteiger partial charge in [-0.05, 0) is 49.3 Å². The zero-order valence-electron chi connectivity index (χ0n) is 11.7. The minimum absolute atomic E-state index is 0.0236. The zero-order valence-corrected chi connectivity index (χ0v) is 11.7. The number of amides is 1. The van der Waals surface area contributed by atoms with Crippen molar-refractivity contribution in [3.05, 3.63) is 29.3 Å². The highest BCUT2D eigenvalue weighted by molar-refractivity contribution is 5.92. The number of anilines is 1. The number of nitrogens with one attached hydrogen (secondary N) is 1. The van der Waals surface area contributed by atoms with E-state index in [-0.39, 0.29) is 11.9 Å². The molecule has 1 aliphatic rings. The summed E-state index contributed by atoms with van der Waals surface area (Å²) in [5.41, 5.74) is 9.62. The lowest BCUT2D eigenvalue weighted by Crippen LogP contribution is -2.27. The molecule has 3 nitrogen and oxygen atoms in total. The van der Waals surface area contributed by atoms with Crippen molar-refractivity contribution in [3.63, 3.8) is 0 Å². The van der Waals surface area contributed by atoms with Crippen LogP contribution in [0.5, 0.6) is 0 Å². The summed E-state index contributed by atoms with van der Waals surface area (Å²) in [6.45, 7) is 2.09. The van der Waals surface area contributed by atoms with Crippen LogP contribution in [0.25, 0.3) is 0 Å². The maximum Gasteiger partial charge on any atom is 0.225 e. The molecule has 2 rings (SSSR count). The average Bonchev–Trinajstić information content (AvgIpc) is 2.39. The summed E-state index contributed by atoms with van der Waals surface area (Å²) < 4.78 is 0. The number of nitrogens with two attached hydrogens (primary N) is 1. The summed E-state index contributed by atoms with van der Waals surface area (Å²) in [6, 6.07) is 6.19. The van der Waals surface area contributed by atoms with Gasteiger partial charge in [-0.3, -0.25) is 4.79 Å². The van der Waals surface area contributed by atoms with Crippen molar-refractivity contribution < 1.29 is 4.79 Å². The van der Waals surface area contributed by atoms with Crippen molar-refractivity contribution in [2.24, 2.45) is 5.73 Å². The molecule has 1 aromatic carbocycles. The molecule has 3 N–H and O–H groups in total. The summed E-state index contributed by atoms with van der Waals surface area (Å²) in [5, 5.41) is 3.04. The molecular weight excluding hydrogens is 236 g/mol. The third kappa shape index (κ3) is 3.80. The van der Waals surface area contributed by atoms with Gasteiger partial charge in [0.25, 0.3) is 0 Å². The highest BCUT2D eigenvalue weighted by Gasteiger charge is 2.15. The number of hydrogen-bond acceptors (Lipinski definition) is 2. The molecule has 1 aromatic rings. The van der Waals surface area contributed by atoms with Crippen molar-refractivity contribution >= 4 is 11.6 Å². The Balaban J connectivity index is 2.01. The van der Waals surface area contributed by atoms with Crippen molar-refractivity contribution in [2.45, 2.75) is 57.9 Å². The van der Waals surface area contributed by atoms with Crippen molar-refractivity contribution in [2.75, 3.05) is 5.32 Å². The molecule has 1 atom stereocenters. The molecule has 1 aliphatic carbocycles. The topological polar surface area (TPSA) is 55.1 Å². The monoisotopic (exact) mass is 260 g/mol. The normalized spacial score (nSPS) is 15.7. The van der Waals surface area contributed by atoms with Gasteiger partial charge in [-0.1, -0.05) is 25.5 Å². The Bertz CT molecular complexity index is 442. The van der Waals surface area contributed by atoms with Crippen molar-refractivity contribution in [3.8, 4) is 0 Å². The molecule has 0 heterocycles. The van der Waals surface area contributed by atoms with Crippen molar-refractivity contribution in [1.29, 1.82) is 0 Å². The van der Waals surface area contributed by atoms with E-state index in [9.17, 15) is 4.79 Å². The predicted octanol–water partition coefficient (Wildman–Crippen LogP) is 3.02. The van der Waals surface area contributed by atoms with Gasteiger partial charge < -0.3 is 11.1 Å². The Morgan fingerprint density at radius 1 is 1.37 bits per heavy atom. The number of carbonyl (C=O) groups excluding carboxylic acids is 1. The van der Waals surface area contributed by atoms with Crippen LogP contribution in [0.2, 0.25) is 0 Å². The van der Waals surface area contributed by atoms with Gasteiger partial charge in [-0.2, -0.15) is 0 Å². The second kappa shape index (κ2) is 6.71. The van der Waals surface area contributed by atoms with E-state index in [1.165, 1.54) is 24.0 Å². The number of fused-ring (bicyclic) bond motifs is 1. The fraction of sp³-hybridized carbons (Fsp3) is 0.562. The van der Waals surface area contributed by atoms with Gasteiger partial charge in [0.05, 0.1) is 0 Å². The molecule has 19 heavy (non-hydrogen) atoms. The summed E-state index contributed by atoms with van der Waals surface area (Å²) in [7, 11) is 0. The van der Waals surface area contributed by atoms with Gasteiger partial charge in [-0.25, -0.2) is 0 Å². The van der Waals surface area contributed by atoms with Gasteiger partial charge >= 0.3 is 0 Å². The molecule has 0 aromatic heterocycles. The van der Waals surface area contributed by atoms with Crippen LogP contribution in [0.1, 0.15) is 50.2 Å². The largest absolute Gasteiger partial charge is 0.327 e. The van der Waals surface area contributed by atoms with E-state index >= 15 is 0 Å². The Morgan fingerprint density at radius 3 is 2.95 bits per heavy atom. The highest BCUT2D eigenvalue weighted by atomic mass is 16.1. The quantitative estimate of drug-likeness (QED) is 0.855. The minimum Gasteiger partial charge on any atom is -0.327 e. The van der Waals surface area contributed by atoms with Crippen LogP contribution in [0, 0.1) is 0 Å². The molecule has 0 aliphatic heterocycles. The first kappa shape index (κ1) is 14.1. The zero-order chi connectivity index (χ0) is 13.7. The molecular formula is C16H24N2O. The Labute approximate surface area is 115 Å². The minimum atomic E-state index is -0.0236. The summed E-state index contributed by atoms with van der Waals surface area (Å²) in [4.78, 5) is 12.0. The molecule has 0 fully saturated rings. The first-order chi connectivity index (χ1) is 9.20. The van der Waals surface area contributed by atoms with Gasteiger partial charge in [-0.15, -0.1) is 0 Å². The molecule has 1 unspecified atom stereocenters. The van der Waals surface area contributed by atoms with Crippen LogP contribution in [0.4, 0.5) is 5.69 Å². The van der Waals surface area contributed by atoms with Crippen LogP contribution in [0.3, 0.4) is 0 Å². The van der Waals surface area contributed by atoms with E-state index in [2.05, 4.69) is 18.3 Å². The average molecular weight is 260 g/mol. The fourth-order valence-electron chi connectivity index (χ4n) is 2.81.